The summed E-state index contributed by atoms with van der Waals surface area (Å²) in [4.78, 5) is 5.31. The number of hydrogen-bond acceptors (Lipinski definition) is 1. The van der Waals surface area contributed by atoms with Gasteiger partial charge in [0.2, 0.25) is 0 Å². The minimum atomic E-state index is 0.901. The van der Waals surface area contributed by atoms with E-state index >= 15 is 0 Å². The molecule has 0 saturated carbocycles. The van der Waals surface area contributed by atoms with Gasteiger partial charge < -0.3 is 4.57 Å². The SMILES string of the molecule is Cc1ccc(-n2c3ccccc3c3ccc(-c4ccc5c(c4)c4ccccc4n5-c4cc(-c5ccccc5)cc(-c5ccccc5)n4)cc32)cc1. The predicted molar refractivity (Wildman–Crippen MR) is 214 cm³/mol. The Labute approximate surface area is 296 Å². The zero-order valence-electron chi connectivity index (χ0n) is 28.2. The van der Waals surface area contributed by atoms with E-state index in [9.17, 15) is 0 Å². The standard InChI is InChI=1S/C48H33N3/c1-32-20-24-38(25-21-32)50-44-18-10-8-16-39(44)41-26-22-36(30-47(41)50)35-23-27-46-42(28-35)40-17-9-11-19-45(40)51(46)48-31-37(33-12-4-2-5-13-33)29-43(49-48)34-14-6-3-7-15-34/h2-31H,1H3. The van der Waals surface area contributed by atoms with E-state index < -0.39 is 0 Å². The third-order valence-corrected chi connectivity index (χ3v) is 10.2. The van der Waals surface area contributed by atoms with Crippen molar-refractivity contribution < 1.29 is 0 Å². The third kappa shape index (κ3) is 4.86. The molecule has 0 fully saturated rings. The summed E-state index contributed by atoms with van der Waals surface area (Å²) >= 11 is 0. The van der Waals surface area contributed by atoms with Gasteiger partial charge in [-0.25, -0.2) is 4.98 Å². The maximum atomic E-state index is 5.31. The number of benzene rings is 7. The van der Waals surface area contributed by atoms with E-state index in [-0.39, 0.29) is 0 Å². The quantitative estimate of drug-likeness (QED) is 0.182. The van der Waals surface area contributed by atoms with Crippen LogP contribution in [0.1, 0.15) is 5.56 Å². The van der Waals surface area contributed by atoms with Gasteiger partial charge in [-0.1, -0.05) is 133 Å². The van der Waals surface area contributed by atoms with Crippen molar-refractivity contribution in [2.45, 2.75) is 6.92 Å². The minimum Gasteiger partial charge on any atom is -0.309 e. The molecule has 0 aliphatic rings. The second kappa shape index (κ2) is 11.7. The maximum absolute atomic E-state index is 5.31. The summed E-state index contributed by atoms with van der Waals surface area (Å²) in [6.45, 7) is 2.14. The van der Waals surface area contributed by atoms with E-state index in [1.165, 1.54) is 60.5 Å². The highest BCUT2D eigenvalue weighted by Gasteiger charge is 2.18. The van der Waals surface area contributed by atoms with Crippen molar-refractivity contribution in [1.29, 1.82) is 0 Å². The number of para-hydroxylation sites is 2. The number of aryl methyl sites for hydroxylation is 1. The average Bonchev–Trinajstić information content (AvgIpc) is 3.71. The topological polar surface area (TPSA) is 22.8 Å². The lowest BCUT2D eigenvalue weighted by molar-refractivity contribution is 1.08. The van der Waals surface area contributed by atoms with Crippen molar-refractivity contribution in [3.05, 3.63) is 188 Å². The molecule has 0 aliphatic carbocycles. The zero-order valence-corrected chi connectivity index (χ0v) is 28.2. The van der Waals surface area contributed by atoms with Crippen molar-refractivity contribution in [2.24, 2.45) is 0 Å². The Balaban J connectivity index is 1.18. The lowest BCUT2D eigenvalue weighted by atomic mass is 10.0. The van der Waals surface area contributed by atoms with Crippen molar-refractivity contribution in [3.63, 3.8) is 0 Å². The van der Waals surface area contributed by atoms with Crippen LogP contribution < -0.4 is 0 Å². The first-order chi connectivity index (χ1) is 25.2. The molecule has 3 aromatic heterocycles. The maximum Gasteiger partial charge on any atom is 0.138 e. The van der Waals surface area contributed by atoms with Crippen LogP contribution in [0.25, 0.3) is 88.6 Å². The van der Waals surface area contributed by atoms with Gasteiger partial charge >= 0.3 is 0 Å². The Hall–Kier alpha value is -6.71. The summed E-state index contributed by atoms with van der Waals surface area (Å²) < 4.78 is 4.72. The number of fused-ring (bicyclic) bond motifs is 6. The van der Waals surface area contributed by atoms with Gasteiger partial charge in [0.15, 0.2) is 0 Å². The van der Waals surface area contributed by atoms with Gasteiger partial charge in [-0.15, -0.1) is 0 Å². The Kier molecular flexibility index (Phi) is 6.71. The molecule has 0 bridgehead atoms. The van der Waals surface area contributed by atoms with Gasteiger partial charge in [0, 0.05) is 32.8 Å². The molecule has 0 saturated heterocycles. The van der Waals surface area contributed by atoms with E-state index in [0.29, 0.717) is 0 Å². The molecule has 240 valence electrons. The third-order valence-electron chi connectivity index (χ3n) is 10.2. The molecule has 3 heteroatoms. The van der Waals surface area contributed by atoms with Crippen LogP contribution in [0.4, 0.5) is 0 Å². The van der Waals surface area contributed by atoms with Crippen LogP contribution in [0, 0.1) is 6.92 Å². The molecule has 10 rings (SSSR count). The van der Waals surface area contributed by atoms with Gasteiger partial charge in [0.1, 0.15) is 5.82 Å². The first-order valence-corrected chi connectivity index (χ1v) is 17.5. The largest absolute Gasteiger partial charge is 0.309 e. The monoisotopic (exact) mass is 651 g/mol. The second-order valence-electron chi connectivity index (χ2n) is 13.3. The van der Waals surface area contributed by atoms with Crippen molar-refractivity contribution in [3.8, 4) is 45.0 Å². The highest BCUT2D eigenvalue weighted by molar-refractivity contribution is 6.12. The molecule has 0 spiro atoms. The average molecular weight is 652 g/mol. The van der Waals surface area contributed by atoms with Crippen LogP contribution in [0.2, 0.25) is 0 Å². The minimum absolute atomic E-state index is 0.901. The van der Waals surface area contributed by atoms with E-state index in [1.54, 1.807) is 0 Å². The number of nitrogens with zero attached hydrogens (tertiary/aromatic N) is 3. The van der Waals surface area contributed by atoms with E-state index in [4.69, 9.17) is 4.98 Å². The van der Waals surface area contributed by atoms with Gasteiger partial charge in [0.25, 0.3) is 0 Å². The fourth-order valence-corrected chi connectivity index (χ4v) is 7.71. The molecular formula is C48H33N3. The smallest absolute Gasteiger partial charge is 0.138 e. The normalized spacial score (nSPS) is 11.6. The molecule has 3 nitrogen and oxygen atoms in total. The van der Waals surface area contributed by atoms with Crippen molar-refractivity contribution in [2.75, 3.05) is 0 Å². The lowest BCUT2D eigenvalue weighted by Crippen LogP contribution is -2.00. The summed E-state index contributed by atoms with van der Waals surface area (Å²) in [6.07, 6.45) is 0. The second-order valence-corrected chi connectivity index (χ2v) is 13.3. The van der Waals surface area contributed by atoms with Gasteiger partial charge in [-0.05, 0) is 83.8 Å². The fraction of sp³-hybridized carbons (Fsp3) is 0.0208. The first kappa shape index (κ1) is 29.2. The molecular weight excluding hydrogens is 619 g/mol. The van der Waals surface area contributed by atoms with E-state index in [0.717, 1.165) is 33.7 Å². The molecule has 0 N–H and O–H groups in total. The predicted octanol–water partition coefficient (Wildman–Crippen LogP) is 12.6. The van der Waals surface area contributed by atoms with Crippen LogP contribution in [-0.4, -0.2) is 14.1 Å². The zero-order chi connectivity index (χ0) is 33.9. The Morgan fingerprint density at radius 1 is 0.353 bits per heavy atom. The number of pyridine rings is 1. The highest BCUT2D eigenvalue weighted by atomic mass is 15.1. The lowest BCUT2D eigenvalue weighted by Gasteiger charge is -2.13. The number of rotatable bonds is 5. The highest BCUT2D eigenvalue weighted by Crippen LogP contribution is 2.39. The Morgan fingerprint density at radius 2 is 0.922 bits per heavy atom. The fourth-order valence-electron chi connectivity index (χ4n) is 7.71. The molecule has 0 unspecified atom stereocenters. The van der Waals surface area contributed by atoms with Crippen LogP contribution in [0.3, 0.4) is 0 Å². The number of hydrogen-bond donors (Lipinski definition) is 0. The summed E-state index contributed by atoms with van der Waals surface area (Å²) in [6, 6.07) is 65.5. The molecule has 0 atom stereocenters. The summed E-state index contributed by atoms with van der Waals surface area (Å²) in [7, 11) is 0. The summed E-state index contributed by atoms with van der Waals surface area (Å²) in [5.41, 5.74) is 13.8. The van der Waals surface area contributed by atoms with E-state index in [2.05, 4.69) is 198 Å². The molecule has 0 radical (unpaired) electrons. The van der Waals surface area contributed by atoms with Crippen molar-refractivity contribution in [1.82, 2.24) is 14.1 Å². The summed E-state index contributed by atoms with van der Waals surface area (Å²) in [5.74, 6) is 0.901. The molecule has 0 amide bonds. The van der Waals surface area contributed by atoms with Crippen LogP contribution in [0.15, 0.2) is 182 Å². The van der Waals surface area contributed by atoms with Crippen LogP contribution in [0.5, 0.6) is 0 Å². The number of aromatic nitrogens is 3. The van der Waals surface area contributed by atoms with Crippen molar-refractivity contribution >= 4 is 43.6 Å². The molecule has 7 aromatic carbocycles. The molecule has 0 aliphatic heterocycles. The molecule has 3 heterocycles. The Bertz CT molecular complexity index is 2840. The Morgan fingerprint density at radius 3 is 1.67 bits per heavy atom. The van der Waals surface area contributed by atoms with Crippen LogP contribution in [-0.2, 0) is 0 Å². The molecule has 10 aromatic rings. The first-order valence-electron chi connectivity index (χ1n) is 17.5. The van der Waals surface area contributed by atoms with Gasteiger partial charge in [0.05, 0.1) is 27.8 Å². The van der Waals surface area contributed by atoms with Gasteiger partial charge in [-0.2, -0.15) is 0 Å². The van der Waals surface area contributed by atoms with E-state index in [1.807, 2.05) is 0 Å². The summed E-state index contributed by atoms with van der Waals surface area (Å²) in [5, 5.41) is 4.93. The molecule has 51 heavy (non-hydrogen) atoms. The van der Waals surface area contributed by atoms with Gasteiger partial charge in [-0.3, -0.25) is 4.57 Å². The van der Waals surface area contributed by atoms with Crippen LogP contribution >= 0.6 is 0 Å².